The minimum Gasteiger partial charge on any atom is -0.481 e. The van der Waals surface area contributed by atoms with Gasteiger partial charge in [0.1, 0.15) is 5.92 Å². The Hall–Kier alpha value is -2.51. The summed E-state index contributed by atoms with van der Waals surface area (Å²) in [7, 11) is 0. The first kappa shape index (κ1) is 16.5. The summed E-state index contributed by atoms with van der Waals surface area (Å²) in [5.41, 5.74) is -1.60. The minimum atomic E-state index is -1.34. The molecule has 0 radical (unpaired) electrons. The van der Waals surface area contributed by atoms with E-state index in [1.54, 1.807) is 20.8 Å². The SMILES string of the molecule is CC(C)(C)C(C(=O)O)C(=O)Nc1ccc([N+](=O)[O-])c(F)c1. The minimum absolute atomic E-state index is 0.0430. The van der Waals surface area contributed by atoms with Crippen LogP contribution in [0.2, 0.25) is 0 Å². The van der Waals surface area contributed by atoms with Crippen molar-refractivity contribution in [3.05, 3.63) is 34.1 Å². The molecule has 7 nitrogen and oxygen atoms in total. The van der Waals surface area contributed by atoms with Gasteiger partial charge in [-0.15, -0.1) is 0 Å². The molecule has 0 spiro atoms. The van der Waals surface area contributed by atoms with E-state index >= 15 is 0 Å². The van der Waals surface area contributed by atoms with Crippen molar-refractivity contribution in [3.63, 3.8) is 0 Å². The lowest BCUT2D eigenvalue weighted by molar-refractivity contribution is -0.387. The number of rotatable bonds is 4. The maximum atomic E-state index is 13.4. The predicted octanol–water partition coefficient (Wildman–Crippen LogP) is 2.42. The third-order valence-corrected chi connectivity index (χ3v) is 2.79. The summed E-state index contributed by atoms with van der Waals surface area (Å²) in [5.74, 6) is -4.57. The van der Waals surface area contributed by atoms with Crippen LogP contribution < -0.4 is 5.32 Å². The average Bonchev–Trinajstić information content (AvgIpc) is 2.25. The fourth-order valence-electron chi connectivity index (χ4n) is 1.82. The first-order valence-electron chi connectivity index (χ1n) is 6.01. The Morgan fingerprint density at radius 1 is 1.38 bits per heavy atom. The van der Waals surface area contributed by atoms with Crippen molar-refractivity contribution in [1.82, 2.24) is 0 Å². The molecule has 0 aromatic heterocycles. The molecule has 0 aliphatic carbocycles. The number of aliphatic carboxylic acids is 1. The zero-order valence-corrected chi connectivity index (χ0v) is 11.7. The van der Waals surface area contributed by atoms with E-state index in [4.69, 9.17) is 5.11 Å². The predicted molar refractivity (Wildman–Crippen MR) is 72.3 cm³/mol. The molecule has 1 aromatic carbocycles. The van der Waals surface area contributed by atoms with Crippen LogP contribution in [0.5, 0.6) is 0 Å². The second kappa shape index (κ2) is 5.86. The van der Waals surface area contributed by atoms with E-state index in [0.717, 1.165) is 18.2 Å². The largest absolute Gasteiger partial charge is 0.481 e. The van der Waals surface area contributed by atoms with Gasteiger partial charge in [-0.05, 0) is 11.5 Å². The molecule has 1 unspecified atom stereocenters. The first-order chi connectivity index (χ1) is 9.54. The van der Waals surface area contributed by atoms with E-state index in [2.05, 4.69) is 5.32 Å². The third-order valence-electron chi connectivity index (χ3n) is 2.79. The number of carbonyl (C=O) groups is 2. The van der Waals surface area contributed by atoms with Crippen molar-refractivity contribution in [2.75, 3.05) is 5.32 Å². The zero-order valence-electron chi connectivity index (χ0n) is 11.7. The monoisotopic (exact) mass is 298 g/mol. The molecule has 114 valence electrons. The molecular weight excluding hydrogens is 283 g/mol. The Balaban J connectivity index is 3.00. The highest BCUT2D eigenvalue weighted by Gasteiger charge is 2.37. The molecule has 0 saturated heterocycles. The molecule has 2 N–H and O–H groups in total. The van der Waals surface area contributed by atoms with Crippen molar-refractivity contribution in [2.45, 2.75) is 20.8 Å². The fourth-order valence-corrected chi connectivity index (χ4v) is 1.82. The zero-order chi connectivity index (χ0) is 16.4. The third kappa shape index (κ3) is 3.98. The molecule has 0 heterocycles. The van der Waals surface area contributed by atoms with Gasteiger partial charge in [0, 0.05) is 17.8 Å². The van der Waals surface area contributed by atoms with Gasteiger partial charge in [0.05, 0.1) is 4.92 Å². The number of anilines is 1. The Labute approximate surface area is 119 Å². The molecular formula is C13H15FN2O5. The molecule has 8 heteroatoms. The van der Waals surface area contributed by atoms with Crippen LogP contribution in [0.25, 0.3) is 0 Å². The van der Waals surface area contributed by atoms with Crippen LogP contribution in [0.3, 0.4) is 0 Å². The number of nitro benzene ring substituents is 1. The Morgan fingerprint density at radius 2 is 1.95 bits per heavy atom. The molecule has 0 aliphatic rings. The van der Waals surface area contributed by atoms with E-state index in [0.29, 0.717) is 0 Å². The van der Waals surface area contributed by atoms with Crippen LogP contribution in [0.1, 0.15) is 20.8 Å². The molecule has 0 saturated carbocycles. The molecule has 0 fully saturated rings. The molecule has 1 aromatic rings. The number of nitro groups is 1. The summed E-state index contributed by atoms with van der Waals surface area (Å²) in [6.07, 6.45) is 0. The quantitative estimate of drug-likeness (QED) is 0.504. The van der Waals surface area contributed by atoms with E-state index in [9.17, 15) is 24.1 Å². The number of hydrogen-bond donors (Lipinski definition) is 2. The number of nitrogens with one attached hydrogen (secondary N) is 1. The molecule has 21 heavy (non-hydrogen) atoms. The second-order valence-electron chi connectivity index (χ2n) is 5.55. The number of carboxylic acid groups (broad SMARTS) is 1. The summed E-state index contributed by atoms with van der Waals surface area (Å²) in [4.78, 5) is 32.7. The van der Waals surface area contributed by atoms with Gasteiger partial charge in [0.2, 0.25) is 11.7 Å². The number of carbonyl (C=O) groups excluding carboxylic acids is 1. The molecule has 1 rings (SSSR count). The summed E-state index contributed by atoms with van der Waals surface area (Å²) in [5, 5.41) is 21.8. The van der Waals surface area contributed by atoms with Crippen molar-refractivity contribution < 1.29 is 24.0 Å². The second-order valence-corrected chi connectivity index (χ2v) is 5.55. The summed E-state index contributed by atoms with van der Waals surface area (Å²) in [6, 6.07) is 2.82. The number of carboxylic acids is 1. The van der Waals surface area contributed by atoms with Gasteiger partial charge >= 0.3 is 11.7 Å². The van der Waals surface area contributed by atoms with Crippen molar-refractivity contribution in [2.24, 2.45) is 11.3 Å². The summed E-state index contributed by atoms with van der Waals surface area (Å²) >= 11 is 0. The number of nitrogens with zero attached hydrogens (tertiary/aromatic N) is 1. The maximum absolute atomic E-state index is 13.4. The van der Waals surface area contributed by atoms with E-state index < -0.39 is 39.6 Å². The van der Waals surface area contributed by atoms with Crippen LogP contribution in [0, 0.1) is 27.3 Å². The van der Waals surface area contributed by atoms with Gasteiger partial charge in [-0.1, -0.05) is 20.8 Å². The summed E-state index contributed by atoms with van der Waals surface area (Å²) < 4.78 is 13.4. The van der Waals surface area contributed by atoms with E-state index in [1.165, 1.54) is 0 Å². The topological polar surface area (TPSA) is 110 Å². The molecule has 1 amide bonds. The van der Waals surface area contributed by atoms with Crippen molar-refractivity contribution in [3.8, 4) is 0 Å². The van der Waals surface area contributed by atoms with Gasteiger partial charge in [-0.3, -0.25) is 19.7 Å². The number of benzene rings is 1. The summed E-state index contributed by atoms with van der Waals surface area (Å²) in [6.45, 7) is 4.76. The highest BCUT2D eigenvalue weighted by Crippen LogP contribution is 2.28. The van der Waals surface area contributed by atoms with Crippen LogP contribution in [-0.2, 0) is 9.59 Å². The Kier molecular flexibility index (Phi) is 4.62. The lowest BCUT2D eigenvalue weighted by atomic mass is 9.80. The van der Waals surface area contributed by atoms with Gasteiger partial charge in [-0.25, -0.2) is 0 Å². The highest BCUT2D eigenvalue weighted by molar-refractivity contribution is 6.04. The van der Waals surface area contributed by atoms with Crippen LogP contribution in [-0.4, -0.2) is 21.9 Å². The average molecular weight is 298 g/mol. The van der Waals surface area contributed by atoms with Crippen molar-refractivity contribution >= 4 is 23.3 Å². The van der Waals surface area contributed by atoms with E-state index in [-0.39, 0.29) is 5.69 Å². The maximum Gasteiger partial charge on any atom is 0.316 e. The van der Waals surface area contributed by atoms with E-state index in [1.807, 2.05) is 0 Å². The van der Waals surface area contributed by atoms with Crippen LogP contribution >= 0.6 is 0 Å². The first-order valence-corrected chi connectivity index (χ1v) is 6.01. The smallest absolute Gasteiger partial charge is 0.316 e. The standard InChI is InChI=1S/C13H15FN2O5/c1-13(2,3)10(12(18)19)11(17)15-7-4-5-9(16(20)21)8(14)6-7/h4-6,10H,1-3H3,(H,15,17)(H,18,19). The fraction of sp³-hybridized carbons (Fsp3) is 0.385. The number of halogens is 1. The Morgan fingerprint density at radius 3 is 2.33 bits per heavy atom. The highest BCUT2D eigenvalue weighted by atomic mass is 19.1. The Bertz CT molecular complexity index is 595. The number of amides is 1. The van der Waals surface area contributed by atoms with Gasteiger partial charge in [0.25, 0.3) is 0 Å². The van der Waals surface area contributed by atoms with Crippen LogP contribution in [0.4, 0.5) is 15.8 Å². The number of hydrogen-bond acceptors (Lipinski definition) is 4. The van der Waals surface area contributed by atoms with Gasteiger partial charge < -0.3 is 10.4 Å². The molecule has 0 aliphatic heterocycles. The van der Waals surface area contributed by atoms with Crippen molar-refractivity contribution in [1.29, 1.82) is 0 Å². The normalized spacial score (nSPS) is 12.6. The van der Waals surface area contributed by atoms with Crippen LogP contribution in [0.15, 0.2) is 18.2 Å². The molecule has 0 bridgehead atoms. The van der Waals surface area contributed by atoms with Gasteiger partial charge in [-0.2, -0.15) is 4.39 Å². The molecule has 1 atom stereocenters. The van der Waals surface area contributed by atoms with Gasteiger partial charge in [0.15, 0.2) is 0 Å². The lowest BCUT2D eigenvalue weighted by Gasteiger charge is -2.25. The lowest BCUT2D eigenvalue weighted by Crippen LogP contribution is -2.39.